The van der Waals surface area contributed by atoms with Crippen molar-refractivity contribution < 1.29 is 19.4 Å². The van der Waals surface area contributed by atoms with Crippen molar-refractivity contribution in [1.82, 2.24) is 4.90 Å². The number of piperazine rings is 1. The van der Waals surface area contributed by atoms with Gasteiger partial charge in [-0.2, -0.15) is 0 Å². The normalized spacial score (nSPS) is 14.8. The Balaban J connectivity index is 1.38. The molecular formula is C21H26N2O4. The lowest BCUT2D eigenvalue weighted by Gasteiger charge is -2.36. The standard InChI is InChI=1S/C21H26N2O4/c1-26-20-6-3-2-5-19(20)23-14-12-22(13-15-23)11-4-16-27-18-9-7-17(8-10-18)21(24)25/h2-3,5-10H,4,11-16H2,1H3,(H,24,25). The Kier molecular flexibility index (Phi) is 6.54. The second kappa shape index (κ2) is 9.28. The van der Waals surface area contributed by atoms with E-state index in [2.05, 4.69) is 15.9 Å². The third-order valence-corrected chi connectivity index (χ3v) is 4.79. The maximum Gasteiger partial charge on any atom is 0.335 e. The lowest BCUT2D eigenvalue weighted by atomic mass is 10.2. The Morgan fingerprint density at radius 3 is 2.41 bits per heavy atom. The molecule has 3 rings (SSSR count). The van der Waals surface area contributed by atoms with Crippen LogP contribution >= 0.6 is 0 Å². The Hall–Kier alpha value is -2.73. The zero-order valence-electron chi connectivity index (χ0n) is 15.6. The zero-order valence-corrected chi connectivity index (χ0v) is 15.6. The van der Waals surface area contributed by atoms with Gasteiger partial charge in [0.05, 0.1) is 25.0 Å². The van der Waals surface area contributed by atoms with E-state index in [9.17, 15) is 4.79 Å². The molecule has 0 amide bonds. The first-order valence-corrected chi connectivity index (χ1v) is 9.24. The number of para-hydroxylation sites is 2. The summed E-state index contributed by atoms with van der Waals surface area (Å²) in [5.74, 6) is 0.711. The van der Waals surface area contributed by atoms with Gasteiger partial charge in [-0.15, -0.1) is 0 Å². The number of carbonyl (C=O) groups is 1. The molecule has 0 aliphatic carbocycles. The topological polar surface area (TPSA) is 62.2 Å². The summed E-state index contributed by atoms with van der Waals surface area (Å²) in [6, 6.07) is 14.7. The predicted molar refractivity (Wildman–Crippen MR) is 105 cm³/mol. The van der Waals surface area contributed by atoms with E-state index in [1.807, 2.05) is 18.2 Å². The number of carboxylic acid groups (broad SMARTS) is 1. The highest BCUT2D eigenvalue weighted by atomic mass is 16.5. The van der Waals surface area contributed by atoms with Crippen molar-refractivity contribution in [2.75, 3.05) is 51.3 Å². The van der Waals surface area contributed by atoms with Crippen LogP contribution in [0.2, 0.25) is 0 Å². The molecule has 0 bridgehead atoms. The SMILES string of the molecule is COc1ccccc1N1CCN(CCCOc2ccc(C(=O)O)cc2)CC1. The number of methoxy groups -OCH3 is 1. The number of nitrogens with zero attached hydrogens (tertiary/aromatic N) is 2. The monoisotopic (exact) mass is 370 g/mol. The van der Waals surface area contributed by atoms with Gasteiger partial charge in [0.15, 0.2) is 0 Å². The van der Waals surface area contributed by atoms with Gasteiger partial charge in [0, 0.05) is 32.7 Å². The van der Waals surface area contributed by atoms with Crippen molar-refractivity contribution in [2.24, 2.45) is 0 Å². The summed E-state index contributed by atoms with van der Waals surface area (Å²) in [6.45, 7) is 5.62. The molecule has 2 aromatic rings. The molecule has 1 aliphatic heterocycles. The summed E-state index contributed by atoms with van der Waals surface area (Å²) in [7, 11) is 1.71. The molecule has 2 aromatic carbocycles. The van der Waals surface area contributed by atoms with Gasteiger partial charge in [0.1, 0.15) is 11.5 Å². The average molecular weight is 370 g/mol. The molecule has 1 fully saturated rings. The predicted octanol–water partition coefficient (Wildman–Crippen LogP) is 2.98. The second-order valence-corrected chi connectivity index (χ2v) is 6.53. The minimum Gasteiger partial charge on any atom is -0.495 e. The summed E-state index contributed by atoms with van der Waals surface area (Å²) in [5, 5.41) is 8.90. The zero-order chi connectivity index (χ0) is 19.1. The third-order valence-electron chi connectivity index (χ3n) is 4.79. The fourth-order valence-corrected chi connectivity index (χ4v) is 3.28. The first-order valence-electron chi connectivity index (χ1n) is 9.24. The van der Waals surface area contributed by atoms with Crippen molar-refractivity contribution in [3.05, 3.63) is 54.1 Å². The first-order chi connectivity index (χ1) is 13.2. The van der Waals surface area contributed by atoms with Gasteiger partial charge in [-0.3, -0.25) is 4.90 Å². The lowest BCUT2D eigenvalue weighted by molar-refractivity contribution is 0.0697. The number of aromatic carboxylic acids is 1. The Bertz CT molecular complexity index is 740. The average Bonchev–Trinajstić information content (AvgIpc) is 2.72. The molecule has 1 N–H and O–H groups in total. The van der Waals surface area contributed by atoms with Gasteiger partial charge in [-0.1, -0.05) is 12.1 Å². The second-order valence-electron chi connectivity index (χ2n) is 6.53. The summed E-state index contributed by atoms with van der Waals surface area (Å²) in [6.07, 6.45) is 0.940. The molecule has 6 nitrogen and oxygen atoms in total. The van der Waals surface area contributed by atoms with E-state index < -0.39 is 5.97 Å². The van der Waals surface area contributed by atoms with E-state index >= 15 is 0 Å². The van der Waals surface area contributed by atoms with Crippen LogP contribution in [-0.2, 0) is 0 Å². The van der Waals surface area contributed by atoms with Gasteiger partial charge in [0.25, 0.3) is 0 Å². The molecule has 0 unspecified atom stereocenters. The van der Waals surface area contributed by atoms with Crippen LogP contribution in [0.1, 0.15) is 16.8 Å². The maximum absolute atomic E-state index is 10.8. The van der Waals surface area contributed by atoms with Crippen LogP contribution in [0.3, 0.4) is 0 Å². The number of hydrogen-bond donors (Lipinski definition) is 1. The minimum absolute atomic E-state index is 0.273. The molecule has 27 heavy (non-hydrogen) atoms. The van der Waals surface area contributed by atoms with Crippen LogP contribution in [-0.4, -0.2) is 62.4 Å². The third kappa shape index (κ3) is 5.14. The van der Waals surface area contributed by atoms with Gasteiger partial charge >= 0.3 is 5.97 Å². The summed E-state index contributed by atoms with van der Waals surface area (Å²) < 4.78 is 11.2. The minimum atomic E-state index is -0.922. The molecule has 0 aromatic heterocycles. The van der Waals surface area contributed by atoms with Crippen LogP contribution in [0.5, 0.6) is 11.5 Å². The molecule has 0 atom stereocenters. The van der Waals surface area contributed by atoms with Crippen LogP contribution in [0, 0.1) is 0 Å². The summed E-state index contributed by atoms with van der Waals surface area (Å²) in [4.78, 5) is 15.7. The quantitative estimate of drug-likeness (QED) is 0.721. The maximum atomic E-state index is 10.8. The molecule has 1 saturated heterocycles. The lowest BCUT2D eigenvalue weighted by Crippen LogP contribution is -2.46. The molecule has 0 radical (unpaired) electrons. The molecule has 0 spiro atoms. The largest absolute Gasteiger partial charge is 0.495 e. The Morgan fingerprint density at radius 2 is 1.74 bits per heavy atom. The molecule has 1 aliphatic rings. The van der Waals surface area contributed by atoms with Gasteiger partial charge in [-0.25, -0.2) is 4.79 Å². The van der Waals surface area contributed by atoms with Gasteiger partial charge < -0.3 is 19.5 Å². The van der Waals surface area contributed by atoms with E-state index in [-0.39, 0.29) is 5.56 Å². The number of carboxylic acids is 1. The van der Waals surface area contributed by atoms with Gasteiger partial charge in [0.2, 0.25) is 0 Å². The van der Waals surface area contributed by atoms with E-state index in [1.165, 1.54) is 0 Å². The van der Waals surface area contributed by atoms with Crippen molar-refractivity contribution in [3.8, 4) is 11.5 Å². The van der Waals surface area contributed by atoms with Crippen LogP contribution in [0.4, 0.5) is 5.69 Å². The van der Waals surface area contributed by atoms with Crippen LogP contribution < -0.4 is 14.4 Å². The van der Waals surface area contributed by atoms with Crippen LogP contribution in [0.15, 0.2) is 48.5 Å². The Morgan fingerprint density at radius 1 is 1.04 bits per heavy atom. The van der Waals surface area contributed by atoms with Crippen LogP contribution in [0.25, 0.3) is 0 Å². The fourth-order valence-electron chi connectivity index (χ4n) is 3.28. The fraction of sp³-hybridized carbons (Fsp3) is 0.381. The van der Waals surface area contributed by atoms with Crippen molar-refractivity contribution in [1.29, 1.82) is 0 Å². The van der Waals surface area contributed by atoms with E-state index in [4.69, 9.17) is 14.6 Å². The van der Waals surface area contributed by atoms with E-state index in [0.29, 0.717) is 12.4 Å². The molecule has 1 heterocycles. The van der Waals surface area contributed by atoms with Crippen molar-refractivity contribution in [2.45, 2.75) is 6.42 Å². The highest BCUT2D eigenvalue weighted by Gasteiger charge is 2.19. The first kappa shape index (κ1) is 19.0. The highest BCUT2D eigenvalue weighted by Crippen LogP contribution is 2.28. The number of hydrogen-bond acceptors (Lipinski definition) is 5. The van der Waals surface area contributed by atoms with Crippen molar-refractivity contribution >= 4 is 11.7 Å². The van der Waals surface area contributed by atoms with Gasteiger partial charge in [-0.05, 0) is 42.8 Å². The molecular weight excluding hydrogens is 344 g/mol. The molecule has 0 saturated carbocycles. The number of ether oxygens (including phenoxy) is 2. The highest BCUT2D eigenvalue weighted by molar-refractivity contribution is 5.87. The number of anilines is 1. The number of benzene rings is 2. The summed E-state index contributed by atoms with van der Waals surface area (Å²) in [5.41, 5.74) is 1.43. The van der Waals surface area contributed by atoms with E-state index in [0.717, 1.165) is 50.6 Å². The Labute approximate surface area is 159 Å². The van der Waals surface area contributed by atoms with Crippen molar-refractivity contribution in [3.63, 3.8) is 0 Å². The molecule has 144 valence electrons. The summed E-state index contributed by atoms with van der Waals surface area (Å²) >= 11 is 0. The smallest absolute Gasteiger partial charge is 0.335 e. The van der Waals surface area contributed by atoms with E-state index in [1.54, 1.807) is 31.4 Å². The number of rotatable bonds is 8. The molecule has 6 heteroatoms.